The third kappa shape index (κ3) is 8.56. The van der Waals surface area contributed by atoms with Crippen molar-refractivity contribution in [3.63, 3.8) is 0 Å². The van der Waals surface area contributed by atoms with Crippen molar-refractivity contribution in [3.8, 4) is 0 Å². The van der Waals surface area contributed by atoms with Crippen LogP contribution in [0.15, 0.2) is 54.1 Å². The van der Waals surface area contributed by atoms with Gasteiger partial charge >= 0.3 is 18.2 Å². The van der Waals surface area contributed by atoms with Gasteiger partial charge in [0, 0.05) is 38.6 Å². The van der Waals surface area contributed by atoms with Crippen molar-refractivity contribution in [2.75, 3.05) is 24.4 Å². The van der Waals surface area contributed by atoms with Gasteiger partial charge in [-0.1, -0.05) is 48.4 Å². The molecule has 7 atom stereocenters. The monoisotopic (exact) mass is 779 g/mol. The zero-order valence-electron chi connectivity index (χ0n) is 30.4. The van der Waals surface area contributed by atoms with Crippen LogP contribution in [0.5, 0.6) is 0 Å². The van der Waals surface area contributed by atoms with E-state index < -0.39 is 94.0 Å². The van der Waals surface area contributed by atoms with Gasteiger partial charge in [-0.3, -0.25) is 25.0 Å². The number of benzene rings is 2. The molecule has 3 heterocycles. The van der Waals surface area contributed by atoms with Crippen molar-refractivity contribution in [2.45, 2.75) is 95.2 Å². The van der Waals surface area contributed by atoms with E-state index in [0.29, 0.717) is 22.7 Å². The summed E-state index contributed by atoms with van der Waals surface area (Å²) in [6.07, 6.45) is -5.85. The summed E-state index contributed by atoms with van der Waals surface area (Å²) < 4.78 is 64.8. The lowest BCUT2D eigenvalue weighted by Gasteiger charge is -2.41. The number of hydrogen-bond donors (Lipinski definition) is 2. The number of epoxide rings is 1. The molecule has 2 aromatic carbocycles. The number of methoxy groups -OCH3 is 1. The van der Waals surface area contributed by atoms with Crippen LogP contribution < -0.4 is 10.2 Å². The number of anilines is 2. The van der Waals surface area contributed by atoms with Crippen molar-refractivity contribution >= 4 is 46.6 Å². The maximum atomic E-state index is 14.0. The molecule has 13 nitrogen and oxygen atoms in total. The molecule has 0 saturated carbocycles. The average Bonchev–Trinajstić information content (AvgIpc) is 3.78. The Labute approximate surface area is 314 Å². The molecule has 0 radical (unpaired) electrons. The standard InChI is InChI=1S/C37H41ClF3N3O10/c1-19-8-7-9-28(51-6)36(48)17-27(52-31(46)18-36)21(3)33-35(4,54-33)29(16-30(45)43(5)26-14-22(12-19)13-20(2)32(26)38)53-34(47)42-25-11-10-23(44(49)50)15-24(25)37(39,40)41/h7-11,13-15,21,27-29,33,48H,12,16-18H2,1-6H3,(H,42,47)/b9-7+,19-8+/t21-,27+,28-,29+,33+,35+,36-/m1/s1. The predicted octanol–water partition coefficient (Wildman–Crippen LogP) is 6.85. The highest BCUT2D eigenvalue weighted by Gasteiger charge is 2.64. The molecule has 2 fully saturated rings. The molecule has 4 bridgehead atoms. The number of nitrogens with one attached hydrogen (secondary N) is 1. The van der Waals surface area contributed by atoms with Crippen LogP contribution in [-0.4, -0.2) is 77.8 Å². The van der Waals surface area contributed by atoms with Gasteiger partial charge in [0.05, 0.1) is 45.8 Å². The molecule has 2 amide bonds. The number of aliphatic hydroxyl groups is 1. The second-order valence-corrected chi connectivity index (χ2v) is 14.6. The Bertz CT molecular complexity index is 1900. The second-order valence-electron chi connectivity index (χ2n) is 14.2. The highest BCUT2D eigenvalue weighted by molar-refractivity contribution is 6.34. The van der Waals surface area contributed by atoms with E-state index in [2.05, 4.69) is 0 Å². The number of esters is 1. The van der Waals surface area contributed by atoms with E-state index in [1.165, 1.54) is 19.1 Å². The van der Waals surface area contributed by atoms with Crippen LogP contribution in [0.1, 0.15) is 56.7 Å². The SMILES string of the molecule is CO[C@@H]1/C=C/C=C(\C)Cc2cc(C)c(Cl)c(c2)N(C)C(=O)C[C@H](OC(=O)Nc2ccc([N+](=O)[O-])cc2C(F)(F)F)[C@]2(C)O[C@H]2[C@H](C)[C@@H]2C[C@@]1(O)CC(=O)O2. The molecule has 0 aliphatic carbocycles. The summed E-state index contributed by atoms with van der Waals surface area (Å²) in [6, 6.07) is 5.41. The Kier molecular flexibility index (Phi) is 11.5. The molecular formula is C37H41ClF3N3O10. The van der Waals surface area contributed by atoms with Gasteiger partial charge in [0.25, 0.3) is 5.69 Å². The minimum Gasteiger partial charge on any atom is -0.462 e. The number of ether oxygens (including phenoxy) is 4. The van der Waals surface area contributed by atoms with Gasteiger partial charge in [0.1, 0.15) is 29.5 Å². The summed E-state index contributed by atoms with van der Waals surface area (Å²) in [4.78, 5) is 51.7. The first kappa shape index (κ1) is 40.7. The van der Waals surface area contributed by atoms with Gasteiger partial charge in [-0.15, -0.1) is 0 Å². The molecule has 2 N–H and O–H groups in total. The summed E-state index contributed by atoms with van der Waals surface area (Å²) in [5.41, 5.74) is -3.51. The summed E-state index contributed by atoms with van der Waals surface area (Å²) >= 11 is 6.68. The van der Waals surface area contributed by atoms with E-state index in [9.17, 15) is 42.8 Å². The maximum absolute atomic E-state index is 14.0. The summed E-state index contributed by atoms with van der Waals surface area (Å²) in [5, 5.41) is 25.2. The fourth-order valence-electron chi connectivity index (χ4n) is 7.15. The van der Waals surface area contributed by atoms with Gasteiger partial charge in [-0.05, 0) is 50.5 Å². The van der Waals surface area contributed by atoms with Crippen LogP contribution in [0.2, 0.25) is 5.02 Å². The number of fused-ring (bicyclic) bond motifs is 5. The van der Waals surface area contributed by atoms with E-state index in [-0.39, 0.29) is 18.9 Å². The largest absolute Gasteiger partial charge is 0.462 e. The van der Waals surface area contributed by atoms with Crippen LogP contribution in [-0.2, 0) is 41.1 Å². The number of nitro groups is 1. The van der Waals surface area contributed by atoms with Gasteiger partial charge in [-0.2, -0.15) is 13.2 Å². The summed E-state index contributed by atoms with van der Waals surface area (Å²) in [7, 11) is 2.89. The van der Waals surface area contributed by atoms with Crippen LogP contribution in [0.3, 0.4) is 0 Å². The first-order chi connectivity index (χ1) is 25.2. The maximum Gasteiger partial charge on any atom is 0.418 e. The number of carbonyl (C=O) groups excluding carboxylic acids is 3. The first-order valence-corrected chi connectivity index (χ1v) is 17.4. The zero-order valence-corrected chi connectivity index (χ0v) is 31.1. The molecule has 0 unspecified atom stereocenters. The van der Waals surface area contributed by atoms with Crippen molar-refractivity contribution in [3.05, 3.63) is 86.0 Å². The van der Waals surface area contributed by atoms with E-state index in [4.69, 9.17) is 30.5 Å². The minimum atomic E-state index is -5.09. The Morgan fingerprint density at radius 1 is 1.20 bits per heavy atom. The number of nitrogens with zero attached hydrogens (tertiary/aromatic N) is 2. The molecule has 17 heteroatoms. The zero-order chi connectivity index (χ0) is 39.9. The second kappa shape index (κ2) is 15.3. The molecule has 0 spiro atoms. The van der Waals surface area contributed by atoms with E-state index in [1.54, 1.807) is 39.0 Å². The van der Waals surface area contributed by atoms with E-state index in [1.807, 2.05) is 24.4 Å². The number of allylic oxidation sites excluding steroid dienone is 3. The summed E-state index contributed by atoms with van der Waals surface area (Å²) in [6.45, 7) is 6.91. The highest BCUT2D eigenvalue weighted by atomic mass is 35.5. The van der Waals surface area contributed by atoms with Crippen LogP contribution in [0, 0.1) is 23.0 Å². The van der Waals surface area contributed by atoms with Crippen LogP contribution >= 0.6 is 11.6 Å². The average molecular weight is 780 g/mol. The van der Waals surface area contributed by atoms with Gasteiger partial charge in [0.2, 0.25) is 5.91 Å². The van der Waals surface area contributed by atoms with Crippen LogP contribution in [0.4, 0.5) is 35.0 Å². The quantitative estimate of drug-likeness (QED) is 0.145. The van der Waals surface area contributed by atoms with Gasteiger partial charge in [-0.25, -0.2) is 4.79 Å². The van der Waals surface area contributed by atoms with E-state index in [0.717, 1.165) is 23.3 Å². The number of non-ortho nitro benzene ring substituents is 1. The van der Waals surface area contributed by atoms with Crippen LogP contribution in [0.25, 0.3) is 0 Å². The lowest BCUT2D eigenvalue weighted by Crippen LogP contribution is -2.53. The molecule has 0 aromatic heterocycles. The number of nitro benzene ring substituents is 1. The number of aryl methyl sites for hydroxylation is 1. The van der Waals surface area contributed by atoms with Gasteiger partial charge < -0.3 is 29.0 Å². The smallest absolute Gasteiger partial charge is 0.418 e. The van der Waals surface area contributed by atoms with Crippen molar-refractivity contribution in [1.82, 2.24) is 0 Å². The lowest BCUT2D eigenvalue weighted by molar-refractivity contribution is -0.385. The molecule has 5 rings (SSSR count). The number of alkyl halides is 3. The Morgan fingerprint density at radius 3 is 2.56 bits per heavy atom. The molecule has 2 aromatic rings. The fourth-order valence-corrected chi connectivity index (χ4v) is 7.39. The molecule has 54 heavy (non-hydrogen) atoms. The number of hydrogen-bond acceptors (Lipinski definition) is 10. The Hall–Kier alpha value is -4.51. The molecular weight excluding hydrogens is 739 g/mol. The third-order valence-electron chi connectivity index (χ3n) is 10.2. The lowest BCUT2D eigenvalue weighted by atomic mass is 9.78. The Morgan fingerprint density at radius 2 is 1.91 bits per heavy atom. The number of carbonyl (C=O) groups is 3. The number of rotatable bonds is 4. The third-order valence-corrected chi connectivity index (χ3v) is 10.7. The highest BCUT2D eigenvalue weighted by Crippen LogP contribution is 2.50. The molecule has 2 saturated heterocycles. The first-order valence-electron chi connectivity index (χ1n) is 17.0. The molecule has 3 aliphatic rings. The van der Waals surface area contributed by atoms with Crippen molar-refractivity contribution in [1.29, 1.82) is 0 Å². The number of amides is 2. The van der Waals surface area contributed by atoms with Crippen molar-refractivity contribution < 1.29 is 56.5 Å². The minimum absolute atomic E-state index is 0.0565. The normalized spacial score (nSPS) is 30.7. The van der Waals surface area contributed by atoms with Crippen molar-refractivity contribution in [2.24, 2.45) is 5.92 Å². The summed E-state index contributed by atoms with van der Waals surface area (Å²) in [5.74, 6) is -1.93. The fraction of sp³-hybridized carbons (Fsp3) is 0.486. The Balaban J connectivity index is 1.54. The van der Waals surface area contributed by atoms with E-state index >= 15 is 0 Å². The topological polar surface area (TPSA) is 170 Å². The predicted molar refractivity (Wildman–Crippen MR) is 190 cm³/mol. The number of halogens is 4. The molecule has 292 valence electrons. The van der Waals surface area contributed by atoms with Gasteiger partial charge in [0.15, 0.2) is 0 Å². The molecule has 3 aliphatic heterocycles.